The molecule has 2 aliphatic rings. The highest BCUT2D eigenvalue weighted by Crippen LogP contribution is 2.48. The molecule has 4 nitrogen and oxygen atoms in total. The van der Waals surface area contributed by atoms with Crippen molar-refractivity contribution in [3.05, 3.63) is 84.2 Å². The number of fused-ring (bicyclic) bond motifs is 1. The van der Waals surface area contributed by atoms with Gasteiger partial charge in [-0.3, -0.25) is 9.98 Å². The highest BCUT2D eigenvalue weighted by atomic mass is 32.2. The van der Waals surface area contributed by atoms with Gasteiger partial charge in [-0.25, -0.2) is 4.39 Å². The van der Waals surface area contributed by atoms with Crippen molar-refractivity contribution in [2.45, 2.75) is 31.5 Å². The minimum Gasteiger partial charge on any atom is -0.337 e. The Morgan fingerprint density at radius 3 is 2.71 bits per heavy atom. The number of halogens is 1. The Morgan fingerprint density at radius 1 is 1.11 bits per heavy atom. The van der Waals surface area contributed by atoms with Crippen molar-refractivity contribution in [1.82, 2.24) is 14.5 Å². The lowest BCUT2D eigenvalue weighted by Crippen LogP contribution is -2.36. The third-order valence-corrected chi connectivity index (χ3v) is 6.64. The fourth-order valence-corrected chi connectivity index (χ4v) is 5.48. The molecule has 5 rings (SSSR count). The van der Waals surface area contributed by atoms with E-state index in [0.29, 0.717) is 6.04 Å². The Kier molecular flexibility index (Phi) is 4.43. The highest BCUT2D eigenvalue weighted by Gasteiger charge is 2.46. The van der Waals surface area contributed by atoms with Crippen molar-refractivity contribution >= 4 is 16.9 Å². The lowest BCUT2D eigenvalue weighted by molar-refractivity contribution is 0.249. The van der Waals surface area contributed by atoms with Crippen LogP contribution >= 0.6 is 11.8 Å². The second-order valence-electron chi connectivity index (χ2n) is 7.12. The zero-order valence-electron chi connectivity index (χ0n) is 15.6. The lowest BCUT2D eigenvalue weighted by Gasteiger charge is -2.32. The number of amidine groups is 1. The molecule has 1 aromatic carbocycles. The van der Waals surface area contributed by atoms with E-state index in [1.165, 1.54) is 12.1 Å². The molecule has 2 aromatic heterocycles. The molecule has 2 aliphatic heterocycles. The average Bonchev–Trinajstić information content (AvgIpc) is 3.44. The summed E-state index contributed by atoms with van der Waals surface area (Å²) in [6.45, 7) is 2.23. The summed E-state index contributed by atoms with van der Waals surface area (Å²) in [6.07, 6.45) is 4.95. The Morgan fingerprint density at radius 2 is 1.96 bits per heavy atom. The molecule has 6 heteroatoms. The van der Waals surface area contributed by atoms with Gasteiger partial charge in [0.2, 0.25) is 0 Å². The van der Waals surface area contributed by atoms with Gasteiger partial charge in [-0.1, -0.05) is 24.8 Å². The number of pyridine rings is 1. The Hall–Kier alpha value is -2.60. The first kappa shape index (κ1) is 17.5. The number of aromatic nitrogens is 2. The lowest BCUT2D eigenvalue weighted by atomic mass is 9.99. The number of rotatable bonds is 4. The quantitative estimate of drug-likeness (QED) is 0.627. The summed E-state index contributed by atoms with van der Waals surface area (Å²) in [6, 6.07) is 17.4. The fraction of sp³-hybridized carbons (Fsp3) is 0.273. The summed E-state index contributed by atoms with van der Waals surface area (Å²) in [7, 11) is 0. The second-order valence-corrected chi connectivity index (χ2v) is 8.10. The zero-order chi connectivity index (χ0) is 19.1. The predicted molar refractivity (Wildman–Crippen MR) is 111 cm³/mol. The van der Waals surface area contributed by atoms with E-state index >= 15 is 0 Å². The van der Waals surface area contributed by atoms with Gasteiger partial charge < -0.3 is 9.47 Å². The molecule has 3 aromatic rings. The smallest absolute Gasteiger partial charge is 0.160 e. The topological polar surface area (TPSA) is 33.4 Å². The molecular formula is C22H21FN4S. The van der Waals surface area contributed by atoms with Gasteiger partial charge in [-0.05, 0) is 55.0 Å². The van der Waals surface area contributed by atoms with E-state index in [4.69, 9.17) is 4.99 Å². The predicted octanol–water partition coefficient (Wildman–Crippen LogP) is 4.99. The first-order chi connectivity index (χ1) is 13.8. The SMILES string of the molecule is CCC1CSC2=NC(c3ccccn3)C(c3cccn3-c3ccc(F)cc3)N21. The van der Waals surface area contributed by atoms with Crippen LogP contribution in [-0.4, -0.2) is 31.4 Å². The van der Waals surface area contributed by atoms with Crippen molar-refractivity contribution in [2.24, 2.45) is 4.99 Å². The molecule has 28 heavy (non-hydrogen) atoms. The van der Waals surface area contributed by atoms with Crippen LogP contribution in [0, 0.1) is 5.82 Å². The van der Waals surface area contributed by atoms with Crippen LogP contribution in [0.1, 0.15) is 36.8 Å². The van der Waals surface area contributed by atoms with E-state index in [1.807, 2.05) is 48.4 Å². The molecule has 3 unspecified atom stereocenters. The number of thioether (sulfide) groups is 1. The minimum absolute atomic E-state index is 0.0489. The summed E-state index contributed by atoms with van der Waals surface area (Å²) in [5.41, 5.74) is 3.09. The monoisotopic (exact) mass is 392 g/mol. The van der Waals surface area contributed by atoms with E-state index in [2.05, 4.69) is 39.6 Å². The van der Waals surface area contributed by atoms with Crippen LogP contribution in [0.3, 0.4) is 0 Å². The molecule has 0 spiro atoms. The van der Waals surface area contributed by atoms with Crippen LogP contribution in [0.5, 0.6) is 0 Å². The molecule has 3 atom stereocenters. The maximum atomic E-state index is 13.4. The average molecular weight is 393 g/mol. The first-order valence-electron chi connectivity index (χ1n) is 9.59. The summed E-state index contributed by atoms with van der Waals surface area (Å²) in [5.74, 6) is 0.843. The highest BCUT2D eigenvalue weighted by molar-refractivity contribution is 8.14. The van der Waals surface area contributed by atoms with Crippen LogP contribution in [-0.2, 0) is 0 Å². The second kappa shape index (κ2) is 7.09. The number of aliphatic imine (C=N–C) groups is 1. The molecule has 1 fully saturated rings. The summed E-state index contributed by atoms with van der Waals surface area (Å²) < 4.78 is 15.6. The maximum absolute atomic E-state index is 13.4. The largest absolute Gasteiger partial charge is 0.337 e. The van der Waals surface area contributed by atoms with Crippen LogP contribution in [0.25, 0.3) is 5.69 Å². The van der Waals surface area contributed by atoms with Gasteiger partial charge in [0, 0.05) is 35.6 Å². The van der Waals surface area contributed by atoms with Crippen LogP contribution in [0.4, 0.5) is 4.39 Å². The molecule has 0 amide bonds. The zero-order valence-corrected chi connectivity index (χ0v) is 16.4. The van der Waals surface area contributed by atoms with Gasteiger partial charge >= 0.3 is 0 Å². The van der Waals surface area contributed by atoms with E-state index in [1.54, 1.807) is 0 Å². The van der Waals surface area contributed by atoms with Gasteiger partial charge in [-0.15, -0.1) is 0 Å². The number of hydrogen-bond donors (Lipinski definition) is 0. The number of hydrogen-bond acceptors (Lipinski definition) is 4. The third-order valence-electron chi connectivity index (χ3n) is 5.52. The van der Waals surface area contributed by atoms with Crippen molar-refractivity contribution in [1.29, 1.82) is 0 Å². The van der Waals surface area contributed by atoms with E-state index < -0.39 is 0 Å². The molecule has 0 aliphatic carbocycles. The van der Waals surface area contributed by atoms with Crippen molar-refractivity contribution in [3.8, 4) is 5.69 Å². The van der Waals surface area contributed by atoms with Gasteiger partial charge in [0.15, 0.2) is 5.17 Å². The van der Waals surface area contributed by atoms with E-state index in [9.17, 15) is 4.39 Å². The van der Waals surface area contributed by atoms with Crippen LogP contribution in [0.15, 0.2) is 72.0 Å². The van der Waals surface area contributed by atoms with Crippen molar-refractivity contribution < 1.29 is 4.39 Å². The summed E-state index contributed by atoms with van der Waals surface area (Å²) in [5, 5.41) is 1.11. The van der Waals surface area contributed by atoms with Gasteiger partial charge in [0.25, 0.3) is 0 Å². The van der Waals surface area contributed by atoms with E-state index in [0.717, 1.165) is 34.4 Å². The first-order valence-corrected chi connectivity index (χ1v) is 10.6. The number of nitrogens with zero attached hydrogens (tertiary/aromatic N) is 4. The fourth-order valence-electron chi connectivity index (χ4n) is 4.14. The molecule has 4 heterocycles. The Balaban J connectivity index is 1.62. The van der Waals surface area contributed by atoms with Crippen LogP contribution < -0.4 is 0 Å². The molecule has 0 bridgehead atoms. The van der Waals surface area contributed by atoms with Gasteiger partial charge in [0.05, 0.1) is 5.69 Å². The third kappa shape index (κ3) is 2.83. The molecular weight excluding hydrogens is 371 g/mol. The standard InChI is InChI=1S/C22H21FN4S/c1-2-16-14-28-22-25-20(18-6-3-4-12-24-18)21(27(16)22)19-7-5-13-26(19)17-10-8-15(23)9-11-17/h3-13,16,20-21H,2,14H2,1H3. The van der Waals surface area contributed by atoms with Gasteiger partial charge in [-0.2, -0.15) is 0 Å². The Bertz CT molecular complexity index is 999. The number of benzene rings is 1. The van der Waals surface area contributed by atoms with Gasteiger partial charge in [0.1, 0.15) is 17.9 Å². The molecule has 142 valence electrons. The Labute approximate surface area is 168 Å². The minimum atomic E-state index is -0.225. The maximum Gasteiger partial charge on any atom is 0.160 e. The van der Waals surface area contributed by atoms with Crippen molar-refractivity contribution in [3.63, 3.8) is 0 Å². The normalized spacial score (nSPS) is 23.7. The molecule has 0 radical (unpaired) electrons. The van der Waals surface area contributed by atoms with Crippen molar-refractivity contribution in [2.75, 3.05) is 5.75 Å². The molecule has 0 saturated carbocycles. The summed E-state index contributed by atoms with van der Waals surface area (Å²) in [4.78, 5) is 12.2. The molecule has 0 N–H and O–H groups in total. The molecule has 1 saturated heterocycles. The van der Waals surface area contributed by atoms with Crippen LogP contribution in [0.2, 0.25) is 0 Å². The summed E-state index contributed by atoms with van der Waals surface area (Å²) >= 11 is 1.84. The van der Waals surface area contributed by atoms with E-state index in [-0.39, 0.29) is 17.9 Å².